The molecule has 0 amide bonds. The number of hydrogen-bond acceptors (Lipinski definition) is 2. The molecule has 3 nitrogen and oxygen atoms in total. The van der Waals surface area contributed by atoms with E-state index in [0.717, 1.165) is 28.5 Å². The van der Waals surface area contributed by atoms with E-state index in [2.05, 4.69) is 6.07 Å². The summed E-state index contributed by atoms with van der Waals surface area (Å²) >= 11 is 0. The third-order valence-corrected chi connectivity index (χ3v) is 3.12. The van der Waals surface area contributed by atoms with Crippen molar-refractivity contribution in [3.05, 3.63) is 64.7 Å². The van der Waals surface area contributed by atoms with E-state index >= 15 is 0 Å². The number of aryl methyl sites for hydroxylation is 3. The Balaban J connectivity index is 2.37. The van der Waals surface area contributed by atoms with Crippen LogP contribution in [0.3, 0.4) is 0 Å². The Morgan fingerprint density at radius 3 is 2.24 bits per heavy atom. The predicted octanol–water partition coefficient (Wildman–Crippen LogP) is 4.50. The summed E-state index contributed by atoms with van der Waals surface area (Å²) in [6.07, 6.45) is 2.66. The van der Waals surface area contributed by atoms with Gasteiger partial charge in [0.1, 0.15) is 11.5 Å². The molecule has 0 aromatic heterocycles. The van der Waals surface area contributed by atoms with Crippen LogP contribution in [0.2, 0.25) is 0 Å². The fourth-order valence-electron chi connectivity index (χ4n) is 2.08. The molecule has 108 valence electrons. The van der Waals surface area contributed by atoms with Crippen molar-refractivity contribution in [2.45, 2.75) is 20.8 Å². The van der Waals surface area contributed by atoms with Gasteiger partial charge in [-0.15, -0.1) is 0 Å². The van der Waals surface area contributed by atoms with Crippen molar-refractivity contribution in [3.8, 4) is 11.5 Å². The molecular formula is C18H18O3. The Kier molecular flexibility index (Phi) is 4.43. The lowest BCUT2D eigenvalue weighted by molar-refractivity contribution is -0.131. The van der Waals surface area contributed by atoms with Gasteiger partial charge in [0.15, 0.2) is 0 Å². The van der Waals surface area contributed by atoms with E-state index < -0.39 is 5.97 Å². The topological polar surface area (TPSA) is 46.5 Å². The summed E-state index contributed by atoms with van der Waals surface area (Å²) in [5.74, 6) is 0.438. The third kappa shape index (κ3) is 3.96. The van der Waals surface area contributed by atoms with E-state index in [-0.39, 0.29) is 0 Å². The van der Waals surface area contributed by atoms with Gasteiger partial charge in [0, 0.05) is 11.6 Å². The minimum Gasteiger partial charge on any atom is -0.478 e. The largest absolute Gasteiger partial charge is 0.478 e. The molecule has 0 fully saturated rings. The average Bonchev–Trinajstić information content (AvgIpc) is 2.41. The number of rotatable bonds is 4. The molecule has 0 spiro atoms. The van der Waals surface area contributed by atoms with Crippen LogP contribution in [-0.2, 0) is 4.79 Å². The summed E-state index contributed by atoms with van der Waals surface area (Å²) in [6.45, 7) is 5.98. The first-order valence-corrected chi connectivity index (χ1v) is 6.72. The van der Waals surface area contributed by atoms with Gasteiger partial charge in [-0.05, 0) is 50.6 Å². The van der Waals surface area contributed by atoms with Crippen LogP contribution in [0.1, 0.15) is 22.3 Å². The Hall–Kier alpha value is -2.55. The van der Waals surface area contributed by atoms with Crippen molar-refractivity contribution in [2.24, 2.45) is 0 Å². The molecule has 0 saturated heterocycles. The van der Waals surface area contributed by atoms with E-state index in [1.165, 1.54) is 5.56 Å². The SMILES string of the molecule is Cc1ccc(Oc2ccc(C)cc2/C=C/C(=O)O)c(C)c1. The molecule has 2 rings (SSSR count). The van der Waals surface area contributed by atoms with E-state index in [1.807, 2.05) is 51.1 Å². The second kappa shape index (κ2) is 6.27. The first-order chi connectivity index (χ1) is 9.95. The highest BCUT2D eigenvalue weighted by Crippen LogP contribution is 2.29. The van der Waals surface area contributed by atoms with Crippen LogP contribution in [0.4, 0.5) is 0 Å². The summed E-state index contributed by atoms with van der Waals surface area (Å²) in [5, 5.41) is 8.77. The Labute approximate surface area is 124 Å². The third-order valence-electron chi connectivity index (χ3n) is 3.12. The van der Waals surface area contributed by atoms with E-state index in [1.54, 1.807) is 6.08 Å². The van der Waals surface area contributed by atoms with Crippen LogP contribution in [0, 0.1) is 20.8 Å². The first-order valence-electron chi connectivity index (χ1n) is 6.72. The van der Waals surface area contributed by atoms with Gasteiger partial charge in [0.25, 0.3) is 0 Å². The van der Waals surface area contributed by atoms with Crippen LogP contribution in [0.5, 0.6) is 11.5 Å². The van der Waals surface area contributed by atoms with Crippen LogP contribution < -0.4 is 4.74 Å². The average molecular weight is 282 g/mol. The highest BCUT2D eigenvalue weighted by atomic mass is 16.5. The van der Waals surface area contributed by atoms with Crippen molar-refractivity contribution in [1.82, 2.24) is 0 Å². The number of ether oxygens (including phenoxy) is 1. The van der Waals surface area contributed by atoms with E-state index in [9.17, 15) is 4.79 Å². The van der Waals surface area contributed by atoms with Gasteiger partial charge in [-0.2, -0.15) is 0 Å². The van der Waals surface area contributed by atoms with Crippen LogP contribution in [0.15, 0.2) is 42.5 Å². The second-order valence-electron chi connectivity index (χ2n) is 5.08. The number of carboxylic acids is 1. The zero-order valence-electron chi connectivity index (χ0n) is 12.4. The highest BCUT2D eigenvalue weighted by Gasteiger charge is 2.06. The molecule has 0 aliphatic rings. The lowest BCUT2D eigenvalue weighted by Crippen LogP contribution is -1.92. The fourth-order valence-corrected chi connectivity index (χ4v) is 2.08. The quantitative estimate of drug-likeness (QED) is 0.840. The Morgan fingerprint density at radius 1 is 1.00 bits per heavy atom. The molecule has 3 heteroatoms. The van der Waals surface area contributed by atoms with Crippen molar-refractivity contribution in [1.29, 1.82) is 0 Å². The van der Waals surface area contributed by atoms with Crippen molar-refractivity contribution >= 4 is 12.0 Å². The van der Waals surface area contributed by atoms with Crippen LogP contribution >= 0.6 is 0 Å². The monoisotopic (exact) mass is 282 g/mol. The molecular weight excluding hydrogens is 264 g/mol. The molecule has 0 bridgehead atoms. The van der Waals surface area contributed by atoms with Crippen molar-refractivity contribution in [3.63, 3.8) is 0 Å². The lowest BCUT2D eigenvalue weighted by Gasteiger charge is -2.12. The molecule has 0 saturated carbocycles. The van der Waals surface area contributed by atoms with Crippen molar-refractivity contribution in [2.75, 3.05) is 0 Å². The zero-order valence-corrected chi connectivity index (χ0v) is 12.4. The smallest absolute Gasteiger partial charge is 0.328 e. The molecule has 0 heterocycles. The maximum atomic E-state index is 10.7. The van der Waals surface area contributed by atoms with E-state index in [0.29, 0.717) is 5.75 Å². The molecule has 2 aromatic carbocycles. The van der Waals surface area contributed by atoms with Crippen LogP contribution in [0.25, 0.3) is 6.08 Å². The molecule has 2 aromatic rings. The second-order valence-corrected chi connectivity index (χ2v) is 5.08. The van der Waals surface area contributed by atoms with Gasteiger partial charge in [-0.1, -0.05) is 29.3 Å². The van der Waals surface area contributed by atoms with Crippen LogP contribution in [-0.4, -0.2) is 11.1 Å². The minimum absolute atomic E-state index is 0.644. The van der Waals surface area contributed by atoms with Gasteiger partial charge < -0.3 is 9.84 Å². The summed E-state index contributed by atoms with van der Waals surface area (Å²) in [6, 6.07) is 11.7. The van der Waals surface area contributed by atoms with Gasteiger partial charge in [0.05, 0.1) is 0 Å². The summed E-state index contributed by atoms with van der Waals surface area (Å²) in [7, 11) is 0. The molecule has 0 aliphatic carbocycles. The predicted molar refractivity (Wildman–Crippen MR) is 83.8 cm³/mol. The molecule has 21 heavy (non-hydrogen) atoms. The minimum atomic E-state index is -0.978. The highest BCUT2D eigenvalue weighted by molar-refractivity contribution is 5.86. The Bertz CT molecular complexity index is 700. The summed E-state index contributed by atoms with van der Waals surface area (Å²) in [5.41, 5.74) is 4.02. The molecule has 0 aliphatic heterocycles. The summed E-state index contributed by atoms with van der Waals surface area (Å²) < 4.78 is 5.94. The van der Waals surface area contributed by atoms with Gasteiger partial charge in [0.2, 0.25) is 0 Å². The molecule has 1 N–H and O–H groups in total. The number of aliphatic carboxylic acids is 1. The lowest BCUT2D eigenvalue weighted by atomic mass is 10.1. The molecule has 0 atom stereocenters. The molecule has 0 unspecified atom stereocenters. The van der Waals surface area contributed by atoms with Gasteiger partial charge in [-0.3, -0.25) is 0 Å². The van der Waals surface area contributed by atoms with E-state index in [4.69, 9.17) is 9.84 Å². The van der Waals surface area contributed by atoms with Gasteiger partial charge >= 0.3 is 5.97 Å². The summed E-state index contributed by atoms with van der Waals surface area (Å²) in [4.78, 5) is 10.7. The number of benzene rings is 2. The first kappa shape index (κ1) is 14.9. The Morgan fingerprint density at radius 2 is 1.62 bits per heavy atom. The number of carbonyl (C=O) groups is 1. The maximum absolute atomic E-state index is 10.7. The van der Waals surface area contributed by atoms with Crippen molar-refractivity contribution < 1.29 is 14.6 Å². The zero-order chi connectivity index (χ0) is 15.4. The maximum Gasteiger partial charge on any atom is 0.328 e. The number of carboxylic acid groups (broad SMARTS) is 1. The molecule has 0 radical (unpaired) electrons. The number of hydrogen-bond donors (Lipinski definition) is 1. The normalized spacial score (nSPS) is 10.8. The standard InChI is InChI=1S/C18H18O3/c1-12-4-7-16(14(3)10-12)21-17-8-5-13(2)11-15(17)6-9-18(19)20/h4-11H,1-3H3,(H,19,20)/b9-6+. The van der Waals surface area contributed by atoms with Gasteiger partial charge in [-0.25, -0.2) is 4.79 Å². The fraction of sp³-hybridized carbons (Fsp3) is 0.167.